The van der Waals surface area contributed by atoms with E-state index in [2.05, 4.69) is 35.9 Å². The van der Waals surface area contributed by atoms with Crippen molar-refractivity contribution in [3.05, 3.63) is 91.1 Å². The van der Waals surface area contributed by atoms with Gasteiger partial charge in [0.25, 0.3) is 5.91 Å². The van der Waals surface area contributed by atoms with Crippen LogP contribution in [0.3, 0.4) is 0 Å². The van der Waals surface area contributed by atoms with Crippen molar-refractivity contribution in [2.24, 2.45) is 0 Å². The molecule has 29 heavy (non-hydrogen) atoms. The zero-order valence-corrected chi connectivity index (χ0v) is 15.3. The Kier molecular flexibility index (Phi) is 5.34. The highest BCUT2D eigenvalue weighted by atomic mass is 16.1. The fraction of sp³-hybridized carbons (Fsp3) is 0. The van der Waals surface area contributed by atoms with Crippen molar-refractivity contribution >= 4 is 34.7 Å². The number of anilines is 5. The summed E-state index contributed by atoms with van der Waals surface area (Å²) >= 11 is 0. The van der Waals surface area contributed by atoms with Gasteiger partial charge in [-0.3, -0.25) is 9.78 Å². The van der Waals surface area contributed by atoms with E-state index in [0.717, 1.165) is 5.69 Å². The van der Waals surface area contributed by atoms with Gasteiger partial charge in [0.2, 0.25) is 0 Å². The number of aromatic nitrogens is 4. The maximum Gasteiger partial charge on any atom is 0.274 e. The van der Waals surface area contributed by atoms with Gasteiger partial charge in [-0.1, -0.05) is 12.1 Å². The molecule has 0 unspecified atom stereocenters. The van der Waals surface area contributed by atoms with Crippen LogP contribution in [-0.2, 0) is 0 Å². The van der Waals surface area contributed by atoms with E-state index in [1.807, 2.05) is 30.3 Å². The largest absolute Gasteiger partial charge is 0.340 e. The molecule has 1 aromatic carbocycles. The zero-order valence-electron chi connectivity index (χ0n) is 15.3. The Hall–Kier alpha value is -4.33. The van der Waals surface area contributed by atoms with Crippen molar-refractivity contribution in [1.29, 1.82) is 0 Å². The van der Waals surface area contributed by atoms with Crippen molar-refractivity contribution in [3.8, 4) is 0 Å². The molecule has 0 spiro atoms. The number of benzene rings is 1. The Bertz CT molecular complexity index is 1090. The molecular formula is C21H17N7O. The first-order chi connectivity index (χ1) is 14.3. The van der Waals surface area contributed by atoms with E-state index in [-0.39, 0.29) is 5.91 Å². The van der Waals surface area contributed by atoms with Crippen molar-refractivity contribution < 1.29 is 4.79 Å². The van der Waals surface area contributed by atoms with Crippen LogP contribution in [-0.4, -0.2) is 25.8 Å². The number of rotatable bonds is 6. The second-order valence-corrected chi connectivity index (χ2v) is 6.00. The quantitative estimate of drug-likeness (QED) is 0.462. The molecule has 0 radical (unpaired) electrons. The number of nitrogens with one attached hydrogen (secondary N) is 3. The van der Waals surface area contributed by atoms with E-state index in [9.17, 15) is 4.79 Å². The average molecular weight is 383 g/mol. The number of carbonyl (C=O) groups excluding carboxylic acids is 1. The van der Waals surface area contributed by atoms with Gasteiger partial charge in [-0.05, 0) is 48.5 Å². The van der Waals surface area contributed by atoms with Gasteiger partial charge in [-0.25, -0.2) is 15.0 Å². The predicted octanol–water partition coefficient (Wildman–Crippen LogP) is 4.01. The Morgan fingerprint density at radius 2 is 1.34 bits per heavy atom. The molecule has 0 atom stereocenters. The third kappa shape index (κ3) is 4.89. The molecule has 3 heterocycles. The van der Waals surface area contributed by atoms with Gasteiger partial charge in [0, 0.05) is 29.8 Å². The summed E-state index contributed by atoms with van der Waals surface area (Å²) in [4.78, 5) is 28.8. The monoisotopic (exact) mass is 383 g/mol. The van der Waals surface area contributed by atoms with E-state index in [1.54, 1.807) is 48.8 Å². The minimum atomic E-state index is -0.257. The molecule has 8 nitrogen and oxygen atoms in total. The highest BCUT2D eigenvalue weighted by Crippen LogP contribution is 2.20. The van der Waals surface area contributed by atoms with Crippen molar-refractivity contribution in [3.63, 3.8) is 0 Å². The lowest BCUT2D eigenvalue weighted by atomic mass is 10.2. The third-order valence-corrected chi connectivity index (χ3v) is 3.90. The molecule has 8 heteroatoms. The van der Waals surface area contributed by atoms with Gasteiger partial charge < -0.3 is 16.0 Å². The zero-order chi connectivity index (χ0) is 19.9. The summed E-state index contributed by atoms with van der Waals surface area (Å²) in [7, 11) is 0. The van der Waals surface area contributed by atoms with Crippen LogP contribution in [0.4, 0.5) is 28.8 Å². The minimum absolute atomic E-state index is 0.257. The number of hydrogen-bond acceptors (Lipinski definition) is 7. The van der Waals surface area contributed by atoms with Crippen LogP contribution in [0.2, 0.25) is 0 Å². The predicted molar refractivity (Wildman–Crippen MR) is 111 cm³/mol. The maximum absolute atomic E-state index is 12.2. The molecule has 0 aliphatic heterocycles. The second kappa shape index (κ2) is 8.57. The summed E-state index contributed by atoms with van der Waals surface area (Å²) in [5, 5.41) is 9.14. The Balaban J connectivity index is 1.40. The summed E-state index contributed by atoms with van der Waals surface area (Å²) in [5.74, 6) is 1.70. The van der Waals surface area contributed by atoms with Gasteiger partial charge in [-0.2, -0.15) is 0 Å². The lowest BCUT2D eigenvalue weighted by Gasteiger charge is -2.09. The molecule has 0 saturated heterocycles. The fourth-order valence-electron chi connectivity index (χ4n) is 2.54. The molecule has 1 amide bonds. The van der Waals surface area contributed by atoms with Crippen LogP contribution in [0, 0.1) is 0 Å². The minimum Gasteiger partial charge on any atom is -0.340 e. The Morgan fingerprint density at radius 1 is 0.655 bits per heavy atom. The first-order valence-corrected chi connectivity index (χ1v) is 8.86. The average Bonchev–Trinajstić information content (AvgIpc) is 2.77. The summed E-state index contributed by atoms with van der Waals surface area (Å²) in [5.41, 5.74) is 1.86. The summed E-state index contributed by atoms with van der Waals surface area (Å²) in [6.07, 6.45) is 4.76. The van der Waals surface area contributed by atoms with Crippen molar-refractivity contribution in [1.82, 2.24) is 19.9 Å². The van der Waals surface area contributed by atoms with Crippen LogP contribution in [0.25, 0.3) is 0 Å². The van der Waals surface area contributed by atoms with E-state index in [1.165, 1.54) is 6.33 Å². The Morgan fingerprint density at radius 3 is 2.03 bits per heavy atom. The standard InChI is InChI=1S/C21H17N7O/c29-21(17-5-1-3-11-22-17)27-16-9-7-15(8-10-16)26-19-13-20(25-14-24-19)28-18-6-2-4-12-23-18/h1-14H,(H,27,29)(H2,23,24,25,26,28). The lowest BCUT2D eigenvalue weighted by Crippen LogP contribution is -2.13. The van der Waals surface area contributed by atoms with Crippen LogP contribution in [0.5, 0.6) is 0 Å². The van der Waals surface area contributed by atoms with E-state index in [4.69, 9.17) is 0 Å². The van der Waals surface area contributed by atoms with Gasteiger partial charge in [0.15, 0.2) is 0 Å². The smallest absolute Gasteiger partial charge is 0.274 e. The van der Waals surface area contributed by atoms with E-state index < -0.39 is 0 Å². The van der Waals surface area contributed by atoms with Gasteiger partial charge in [0.1, 0.15) is 29.5 Å². The maximum atomic E-state index is 12.2. The molecule has 0 bridgehead atoms. The van der Waals surface area contributed by atoms with Gasteiger partial charge in [0.05, 0.1) is 0 Å². The van der Waals surface area contributed by atoms with Crippen LogP contribution < -0.4 is 16.0 Å². The number of nitrogens with zero attached hydrogens (tertiary/aromatic N) is 4. The fourth-order valence-corrected chi connectivity index (χ4v) is 2.54. The number of hydrogen-bond donors (Lipinski definition) is 3. The molecule has 3 N–H and O–H groups in total. The Labute approximate surface area is 167 Å². The highest BCUT2D eigenvalue weighted by molar-refractivity contribution is 6.02. The molecule has 0 fully saturated rings. The summed E-state index contributed by atoms with van der Waals surface area (Å²) in [6.45, 7) is 0. The van der Waals surface area contributed by atoms with Crippen LogP contribution >= 0.6 is 0 Å². The molecule has 4 rings (SSSR count). The summed E-state index contributed by atoms with van der Waals surface area (Å²) < 4.78 is 0. The normalized spacial score (nSPS) is 10.2. The van der Waals surface area contributed by atoms with Gasteiger partial charge in [-0.15, -0.1) is 0 Å². The highest BCUT2D eigenvalue weighted by Gasteiger charge is 2.07. The van der Waals surface area contributed by atoms with Crippen molar-refractivity contribution in [2.75, 3.05) is 16.0 Å². The van der Waals surface area contributed by atoms with E-state index in [0.29, 0.717) is 28.8 Å². The van der Waals surface area contributed by atoms with Crippen LogP contribution in [0.15, 0.2) is 85.5 Å². The molecule has 142 valence electrons. The molecular weight excluding hydrogens is 366 g/mol. The first kappa shape index (κ1) is 18.1. The molecule has 3 aromatic heterocycles. The number of carbonyl (C=O) groups is 1. The third-order valence-electron chi connectivity index (χ3n) is 3.90. The molecule has 0 aliphatic rings. The number of pyridine rings is 2. The number of amides is 1. The van der Waals surface area contributed by atoms with E-state index >= 15 is 0 Å². The SMILES string of the molecule is O=C(Nc1ccc(Nc2cc(Nc3ccccn3)ncn2)cc1)c1ccccn1. The lowest BCUT2D eigenvalue weighted by molar-refractivity contribution is 0.102. The van der Waals surface area contributed by atoms with Gasteiger partial charge >= 0.3 is 0 Å². The topological polar surface area (TPSA) is 105 Å². The first-order valence-electron chi connectivity index (χ1n) is 8.86. The second-order valence-electron chi connectivity index (χ2n) is 6.00. The van der Waals surface area contributed by atoms with Crippen molar-refractivity contribution in [2.45, 2.75) is 0 Å². The molecule has 0 saturated carbocycles. The summed E-state index contributed by atoms with van der Waals surface area (Å²) in [6, 6.07) is 19.9. The molecule has 0 aliphatic carbocycles. The molecule has 4 aromatic rings. The van der Waals surface area contributed by atoms with Crippen LogP contribution in [0.1, 0.15) is 10.5 Å².